The van der Waals surface area contributed by atoms with E-state index in [0.717, 1.165) is 11.1 Å². The lowest BCUT2D eigenvalue weighted by Gasteiger charge is -2.08. The molecule has 0 unspecified atom stereocenters. The van der Waals surface area contributed by atoms with Crippen LogP contribution >= 0.6 is 0 Å². The third-order valence-electron chi connectivity index (χ3n) is 4.14. The van der Waals surface area contributed by atoms with Gasteiger partial charge in [0.1, 0.15) is 0 Å². The van der Waals surface area contributed by atoms with E-state index in [4.69, 9.17) is 0 Å². The SMILES string of the molecule is Cc1ccc(C(=O)N/N=C(\CC(=O)c2ccccc2)c2ccccc2)cc1. The van der Waals surface area contributed by atoms with Crippen LogP contribution in [0.25, 0.3) is 0 Å². The number of benzene rings is 3. The molecule has 0 aliphatic carbocycles. The number of nitrogens with zero attached hydrogens (tertiary/aromatic N) is 1. The number of hydrogen-bond acceptors (Lipinski definition) is 3. The van der Waals surface area contributed by atoms with Gasteiger partial charge in [0.2, 0.25) is 0 Å². The number of hydrogen-bond donors (Lipinski definition) is 1. The number of Topliss-reactive ketones (excluding diaryl/α,β-unsaturated/α-hetero) is 1. The Labute approximate surface area is 158 Å². The van der Waals surface area contributed by atoms with Gasteiger partial charge in [0, 0.05) is 11.1 Å². The lowest BCUT2D eigenvalue weighted by molar-refractivity contribution is 0.0951. The van der Waals surface area contributed by atoms with Gasteiger partial charge >= 0.3 is 0 Å². The predicted molar refractivity (Wildman–Crippen MR) is 107 cm³/mol. The van der Waals surface area contributed by atoms with E-state index in [1.54, 1.807) is 24.3 Å². The Morgan fingerprint density at radius 3 is 1.89 bits per heavy atom. The highest BCUT2D eigenvalue weighted by Gasteiger charge is 2.13. The molecule has 4 nitrogen and oxygen atoms in total. The van der Waals surface area contributed by atoms with Crippen molar-refractivity contribution in [3.63, 3.8) is 0 Å². The van der Waals surface area contributed by atoms with Gasteiger partial charge in [-0.25, -0.2) is 5.43 Å². The van der Waals surface area contributed by atoms with E-state index >= 15 is 0 Å². The van der Waals surface area contributed by atoms with Crippen molar-refractivity contribution < 1.29 is 9.59 Å². The van der Waals surface area contributed by atoms with Crippen LogP contribution in [0.1, 0.15) is 38.3 Å². The maximum atomic E-state index is 12.6. The first-order chi connectivity index (χ1) is 13.1. The zero-order valence-electron chi connectivity index (χ0n) is 15.1. The summed E-state index contributed by atoms with van der Waals surface area (Å²) in [6, 6.07) is 25.7. The van der Waals surface area contributed by atoms with Crippen LogP contribution in [-0.4, -0.2) is 17.4 Å². The van der Waals surface area contributed by atoms with Crippen LogP contribution in [0.2, 0.25) is 0 Å². The first-order valence-electron chi connectivity index (χ1n) is 8.71. The van der Waals surface area contributed by atoms with Crippen molar-refractivity contribution in [1.29, 1.82) is 0 Å². The van der Waals surface area contributed by atoms with Crippen LogP contribution in [0.3, 0.4) is 0 Å². The topological polar surface area (TPSA) is 58.5 Å². The molecule has 0 heterocycles. The molecular formula is C23H20N2O2. The van der Waals surface area contributed by atoms with Gasteiger partial charge in [0.25, 0.3) is 5.91 Å². The molecule has 3 aromatic rings. The summed E-state index contributed by atoms with van der Waals surface area (Å²) < 4.78 is 0. The fourth-order valence-electron chi connectivity index (χ4n) is 2.60. The summed E-state index contributed by atoms with van der Waals surface area (Å²) in [5.74, 6) is -0.363. The van der Waals surface area contributed by atoms with E-state index in [1.165, 1.54) is 0 Å². The molecule has 4 heteroatoms. The maximum absolute atomic E-state index is 12.6. The van der Waals surface area contributed by atoms with Crippen molar-refractivity contribution in [2.75, 3.05) is 0 Å². The van der Waals surface area contributed by atoms with E-state index in [0.29, 0.717) is 16.8 Å². The number of carbonyl (C=O) groups excluding carboxylic acids is 2. The molecule has 0 radical (unpaired) electrons. The van der Waals surface area contributed by atoms with E-state index in [9.17, 15) is 9.59 Å². The average Bonchev–Trinajstić information content (AvgIpc) is 2.72. The van der Waals surface area contributed by atoms with Crippen LogP contribution in [0.15, 0.2) is 90.0 Å². The molecule has 134 valence electrons. The minimum Gasteiger partial charge on any atom is -0.294 e. The monoisotopic (exact) mass is 356 g/mol. The number of carbonyl (C=O) groups is 2. The summed E-state index contributed by atoms with van der Waals surface area (Å²) in [5, 5.41) is 4.25. The van der Waals surface area contributed by atoms with Gasteiger partial charge in [0.15, 0.2) is 5.78 Å². The van der Waals surface area contributed by atoms with E-state index in [-0.39, 0.29) is 18.1 Å². The van der Waals surface area contributed by atoms with Gasteiger partial charge in [-0.2, -0.15) is 5.10 Å². The Morgan fingerprint density at radius 1 is 0.741 bits per heavy atom. The zero-order chi connectivity index (χ0) is 19.1. The normalized spacial score (nSPS) is 11.1. The van der Waals surface area contributed by atoms with E-state index in [2.05, 4.69) is 10.5 Å². The van der Waals surface area contributed by atoms with Crippen molar-refractivity contribution in [2.45, 2.75) is 13.3 Å². The van der Waals surface area contributed by atoms with Crippen LogP contribution in [0.5, 0.6) is 0 Å². The molecule has 27 heavy (non-hydrogen) atoms. The fraction of sp³-hybridized carbons (Fsp3) is 0.0870. The number of nitrogens with one attached hydrogen (secondary N) is 1. The zero-order valence-corrected chi connectivity index (χ0v) is 15.1. The average molecular weight is 356 g/mol. The van der Waals surface area contributed by atoms with Crippen molar-refractivity contribution in [3.05, 3.63) is 107 Å². The summed E-state index contributed by atoms with van der Waals surface area (Å²) in [7, 11) is 0. The highest BCUT2D eigenvalue weighted by atomic mass is 16.2. The summed E-state index contributed by atoms with van der Waals surface area (Å²) in [4.78, 5) is 24.9. The van der Waals surface area contributed by atoms with Crippen molar-refractivity contribution in [3.8, 4) is 0 Å². The highest BCUT2D eigenvalue weighted by Crippen LogP contribution is 2.10. The standard InChI is InChI=1S/C23H20N2O2/c1-17-12-14-20(15-13-17)23(27)25-24-21(18-8-4-2-5-9-18)16-22(26)19-10-6-3-7-11-19/h2-15H,16H2,1H3,(H,25,27)/b24-21+. The van der Waals surface area contributed by atoms with E-state index in [1.807, 2.05) is 67.6 Å². The second-order valence-corrected chi connectivity index (χ2v) is 6.20. The maximum Gasteiger partial charge on any atom is 0.271 e. The molecule has 0 aliphatic heterocycles. The van der Waals surface area contributed by atoms with Gasteiger partial charge in [-0.05, 0) is 24.6 Å². The summed E-state index contributed by atoms with van der Waals surface area (Å²) >= 11 is 0. The third-order valence-corrected chi connectivity index (χ3v) is 4.14. The van der Waals surface area contributed by atoms with Crippen molar-refractivity contribution in [2.24, 2.45) is 5.10 Å². The minimum absolute atomic E-state index is 0.0530. The molecule has 3 aromatic carbocycles. The Morgan fingerprint density at radius 2 is 1.30 bits per heavy atom. The number of hydrazone groups is 1. The molecule has 0 fully saturated rings. The Balaban J connectivity index is 1.81. The summed E-state index contributed by atoms with van der Waals surface area (Å²) in [5.41, 5.74) is 6.10. The smallest absolute Gasteiger partial charge is 0.271 e. The Hall–Kier alpha value is -3.53. The summed E-state index contributed by atoms with van der Waals surface area (Å²) in [6.07, 6.45) is 0.0994. The molecular weight excluding hydrogens is 336 g/mol. The van der Waals surface area contributed by atoms with Gasteiger partial charge in [-0.1, -0.05) is 78.4 Å². The fourth-order valence-corrected chi connectivity index (χ4v) is 2.60. The minimum atomic E-state index is -0.310. The molecule has 0 saturated carbocycles. The molecule has 0 saturated heterocycles. The second kappa shape index (κ2) is 8.72. The van der Waals surface area contributed by atoms with Crippen molar-refractivity contribution >= 4 is 17.4 Å². The number of aryl methyl sites for hydroxylation is 1. The largest absolute Gasteiger partial charge is 0.294 e. The molecule has 0 spiro atoms. The van der Waals surface area contributed by atoms with Gasteiger partial charge < -0.3 is 0 Å². The Bertz CT molecular complexity index is 947. The lowest BCUT2D eigenvalue weighted by atomic mass is 10.0. The molecule has 3 rings (SSSR count). The van der Waals surface area contributed by atoms with Gasteiger partial charge in [0.05, 0.1) is 12.1 Å². The number of amides is 1. The predicted octanol–water partition coefficient (Wildman–Crippen LogP) is 4.40. The van der Waals surface area contributed by atoms with E-state index < -0.39 is 0 Å². The molecule has 0 aliphatic rings. The summed E-state index contributed by atoms with van der Waals surface area (Å²) in [6.45, 7) is 1.96. The molecule has 1 amide bonds. The third kappa shape index (κ3) is 4.98. The van der Waals surface area contributed by atoms with Crippen LogP contribution < -0.4 is 5.43 Å². The number of rotatable bonds is 6. The highest BCUT2D eigenvalue weighted by molar-refractivity contribution is 6.16. The second-order valence-electron chi connectivity index (χ2n) is 6.20. The first kappa shape index (κ1) is 18.3. The van der Waals surface area contributed by atoms with Gasteiger partial charge in [-0.15, -0.1) is 0 Å². The lowest BCUT2D eigenvalue weighted by Crippen LogP contribution is -2.21. The molecule has 1 N–H and O–H groups in total. The quantitative estimate of drug-likeness (QED) is 0.404. The van der Waals surface area contributed by atoms with Crippen molar-refractivity contribution in [1.82, 2.24) is 5.43 Å². The van der Waals surface area contributed by atoms with Crippen LogP contribution in [-0.2, 0) is 0 Å². The molecule has 0 atom stereocenters. The first-order valence-corrected chi connectivity index (χ1v) is 8.71. The van der Waals surface area contributed by atoms with Crippen LogP contribution in [0.4, 0.5) is 0 Å². The number of ketones is 1. The molecule has 0 aromatic heterocycles. The van der Waals surface area contributed by atoms with Crippen LogP contribution in [0, 0.1) is 6.92 Å². The molecule has 0 bridgehead atoms. The Kier molecular flexibility index (Phi) is 5.90. The van der Waals surface area contributed by atoms with Gasteiger partial charge in [-0.3, -0.25) is 9.59 Å².